The van der Waals surface area contributed by atoms with E-state index < -0.39 is 0 Å². The summed E-state index contributed by atoms with van der Waals surface area (Å²) in [5.74, 6) is 0.592. The molecule has 1 aliphatic carbocycles. The number of hydrogen-bond acceptors (Lipinski definition) is 5. The maximum atomic E-state index is 11.1. The Morgan fingerprint density at radius 3 is 2.95 bits per heavy atom. The molecule has 2 rings (SSSR count). The quantitative estimate of drug-likeness (QED) is 0.814. The van der Waals surface area contributed by atoms with Crippen LogP contribution in [0.4, 0.5) is 5.13 Å². The van der Waals surface area contributed by atoms with Crippen LogP contribution in [-0.2, 0) is 16.0 Å². The SMILES string of the molecule is COC(=O)CCc1csc(NC(C)C2CCCCC2)n1. The molecule has 0 aromatic carbocycles. The van der Waals surface area contributed by atoms with Crippen molar-refractivity contribution >= 4 is 22.4 Å². The van der Waals surface area contributed by atoms with Gasteiger partial charge in [0.25, 0.3) is 0 Å². The Labute approximate surface area is 124 Å². The molecule has 1 saturated carbocycles. The molecule has 112 valence electrons. The molecule has 1 atom stereocenters. The third kappa shape index (κ3) is 4.47. The van der Waals surface area contributed by atoms with Crippen LogP contribution in [0.25, 0.3) is 0 Å². The first-order valence-electron chi connectivity index (χ1n) is 7.47. The highest BCUT2D eigenvalue weighted by Gasteiger charge is 2.20. The van der Waals surface area contributed by atoms with E-state index in [1.165, 1.54) is 39.2 Å². The normalized spacial score (nSPS) is 17.7. The third-order valence-corrected chi connectivity index (χ3v) is 4.90. The van der Waals surface area contributed by atoms with Crippen molar-refractivity contribution in [1.29, 1.82) is 0 Å². The number of anilines is 1. The van der Waals surface area contributed by atoms with Crippen molar-refractivity contribution in [3.05, 3.63) is 11.1 Å². The van der Waals surface area contributed by atoms with E-state index in [0.29, 0.717) is 18.9 Å². The van der Waals surface area contributed by atoms with E-state index in [2.05, 4.69) is 22.0 Å². The van der Waals surface area contributed by atoms with Crippen LogP contribution in [0.15, 0.2) is 5.38 Å². The summed E-state index contributed by atoms with van der Waals surface area (Å²) in [7, 11) is 1.42. The lowest BCUT2D eigenvalue weighted by Crippen LogP contribution is -2.27. The lowest BCUT2D eigenvalue weighted by Gasteiger charge is -2.28. The Hall–Kier alpha value is -1.10. The first kappa shape index (κ1) is 15.3. The van der Waals surface area contributed by atoms with Crippen molar-refractivity contribution < 1.29 is 9.53 Å². The van der Waals surface area contributed by atoms with Crippen LogP contribution in [0.3, 0.4) is 0 Å². The van der Waals surface area contributed by atoms with E-state index in [1.54, 1.807) is 11.3 Å². The van der Waals surface area contributed by atoms with Gasteiger partial charge in [-0.1, -0.05) is 19.3 Å². The summed E-state index contributed by atoms with van der Waals surface area (Å²) >= 11 is 1.63. The number of nitrogens with one attached hydrogen (secondary N) is 1. The molecule has 0 bridgehead atoms. The second-order valence-electron chi connectivity index (χ2n) is 5.55. The summed E-state index contributed by atoms with van der Waals surface area (Å²) in [6.45, 7) is 2.26. The van der Waals surface area contributed by atoms with Crippen molar-refractivity contribution in [3.8, 4) is 0 Å². The van der Waals surface area contributed by atoms with E-state index in [0.717, 1.165) is 16.7 Å². The van der Waals surface area contributed by atoms with Crippen LogP contribution in [0.1, 0.15) is 51.1 Å². The van der Waals surface area contributed by atoms with Gasteiger partial charge in [-0.15, -0.1) is 11.3 Å². The molecule has 1 heterocycles. The van der Waals surface area contributed by atoms with Crippen LogP contribution >= 0.6 is 11.3 Å². The number of nitrogens with zero attached hydrogens (tertiary/aromatic N) is 1. The monoisotopic (exact) mass is 296 g/mol. The number of aryl methyl sites for hydroxylation is 1. The lowest BCUT2D eigenvalue weighted by molar-refractivity contribution is -0.140. The molecule has 0 amide bonds. The van der Waals surface area contributed by atoms with Gasteiger partial charge in [-0.25, -0.2) is 4.98 Å². The minimum absolute atomic E-state index is 0.178. The van der Waals surface area contributed by atoms with Gasteiger partial charge in [-0.2, -0.15) is 0 Å². The van der Waals surface area contributed by atoms with Gasteiger partial charge in [-0.05, 0) is 25.7 Å². The summed E-state index contributed by atoms with van der Waals surface area (Å²) < 4.78 is 4.64. The Morgan fingerprint density at radius 2 is 2.25 bits per heavy atom. The summed E-state index contributed by atoms with van der Waals surface area (Å²) in [6.07, 6.45) is 7.82. The fraction of sp³-hybridized carbons (Fsp3) is 0.733. The standard InChI is InChI=1S/C15H24N2O2S/c1-11(12-6-4-3-5-7-12)16-15-17-13(10-20-15)8-9-14(18)19-2/h10-12H,3-9H2,1-2H3,(H,16,17). The maximum Gasteiger partial charge on any atom is 0.305 e. The van der Waals surface area contributed by atoms with Crippen molar-refractivity contribution in [1.82, 2.24) is 4.98 Å². The van der Waals surface area contributed by atoms with Crippen molar-refractivity contribution in [2.24, 2.45) is 5.92 Å². The number of ether oxygens (including phenoxy) is 1. The van der Waals surface area contributed by atoms with Crippen LogP contribution in [0.5, 0.6) is 0 Å². The molecule has 0 radical (unpaired) electrons. The largest absolute Gasteiger partial charge is 0.469 e. The van der Waals surface area contributed by atoms with Crippen LogP contribution < -0.4 is 5.32 Å². The van der Waals surface area contributed by atoms with Gasteiger partial charge in [0.1, 0.15) is 0 Å². The Balaban J connectivity index is 1.80. The molecule has 1 aromatic heterocycles. The fourth-order valence-electron chi connectivity index (χ4n) is 2.77. The van der Waals surface area contributed by atoms with E-state index >= 15 is 0 Å². The lowest BCUT2D eigenvalue weighted by atomic mass is 9.85. The third-order valence-electron chi connectivity index (χ3n) is 4.07. The first-order valence-corrected chi connectivity index (χ1v) is 8.34. The van der Waals surface area contributed by atoms with Gasteiger partial charge >= 0.3 is 5.97 Å². The number of carbonyl (C=O) groups is 1. The molecule has 1 aromatic rings. The molecule has 1 N–H and O–H groups in total. The molecular formula is C15H24N2O2S. The molecule has 5 heteroatoms. The molecule has 0 saturated heterocycles. The highest BCUT2D eigenvalue weighted by molar-refractivity contribution is 7.13. The van der Waals surface area contributed by atoms with Crippen molar-refractivity contribution in [2.45, 2.75) is 57.9 Å². The van der Waals surface area contributed by atoms with Gasteiger partial charge in [0.2, 0.25) is 0 Å². The smallest absolute Gasteiger partial charge is 0.305 e. The van der Waals surface area contributed by atoms with Gasteiger partial charge in [0.05, 0.1) is 19.2 Å². The Morgan fingerprint density at radius 1 is 1.50 bits per heavy atom. The predicted molar refractivity (Wildman–Crippen MR) is 82.1 cm³/mol. The second kappa shape index (κ2) is 7.62. The highest BCUT2D eigenvalue weighted by Crippen LogP contribution is 2.28. The van der Waals surface area contributed by atoms with E-state index in [9.17, 15) is 4.79 Å². The first-order chi connectivity index (χ1) is 9.69. The average molecular weight is 296 g/mol. The van der Waals surface area contributed by atoms with Crippen LogP contribution in [-0.4, -0.2) is 24.1 Å². The Bertz CT molecular complexity index is 427. The van der Waals surface area contributed by atoms with Crippen molar-refractivity contribution in [2.75, 3.05) is 12.4 Å². The van der Waals surface area contributed by atoms with Crippen LogP contribution in [0, 0.1) is 5.92 Å². The summed E-state index contributed by atoms with van der Waals surface area (Å²) in [6, 6.07) is 0.481. The zero-order chi connectivity index (χ0) is 14.4. The summed E-state index contributed by atoms with van der Waals surface area (Å²) in [5.41, 5.74) is 0.971. The molecule has 4 nitrogen and oxygen atoms in total. The number of thiazole rings is 1. The highest BCUT2D eigenvalue weighted by atomic mass is 32.1. The summed E-state index contributed by atoms with van der Waals surface area (Å²) in [5, 5.41) is 6.53. The van der Waals surface area contributed by atoms with Gasteiger partial charge < -0.3 is 10.1 Å². The number of aromatic nitrogens is 1. The zero-order valence-corrected chi connectivity index (χ0v) is 13.2. The van der Waals surface area contributed by atoms with Gasteiger partial charge in [-0.3, -0.25) is 4.79 Å². The van der Waals surface area contributed by atoms with E-state index in [-0.39, 0.29) is 5.97 Å². The zero-order valence-electron chi connectivity index (χ0n) is 12.4. The predicted octanol–water partition coefficient (Wildman–Crippen LogP) is 3.63. The number of esters is 1. The topological polar surface area (TPSA) is 51.2 Å². The number of hydrogen-bond donors (Lipinski definition) is 1. The van der Waals surface area contributed by atoms with Gasteiger partial charge in [0, 0.05) is 17.8 Å². The maximum absolute atomic E-state index is 11.1. The van der Waals surface area contributed by atoms with E-state index in [4.69, 9.17) is 0 Å². The molecule has 1 unspecified atom stereocenters. The van der Waals surface area contributed by atoms with Crippen molar-refractivity contribution in [3.63, 3.8) is 0 Å². The second-order valence-corrected chi connectivity index (χ2v) is 6.41. The fourth-order valence-corrected chi connectivity index (χ4v) is 3.61. The minimum atomic E-state index is -0.178. The molecule has 20 heavy (non-hydrogen) atoms. The average Bonchev–Trinajstić information content (AvgIpc) is 2.93. The van der Waals surface area contributed by atoms with Gasteiger partial charge in [0.15, 0.2) is 5.13 Å². The van der Waals surface area contributed by atoms with Crippen LogP contribution in [0.2, 0.25) is 0 Å². The minimum Gasteiger partial charge on any atom is -0.469 e. The Kier molecular flexibility index (Phi) is 5.83. The molecule has 1 fully saturated rings. The number of carbonyl (C=O) groups excluding carboxylic acids is 1. The summed E-state index contributed by atoms with van der Waals surface area (Å²) in [4.78, 5) is 15.7. The number of methoxy groups -OCH3 is 1. The molecular weight excluding hydrogens is 272 g/mol. The molecule has 0 spiro atoms. The number of rotatable bonds is 6. The van der Waals surface area contributed by atoms with E-state index in [1.807, 2.05) is 5.38 Å². The molecule has 1 aliphatic rings. The molecule has 0 aliphatic heterocycles.